The minimum atomic E-state index is 0.456. The minimum absolute atomic E-state index is 0.456. The van der Waals surface area contributed by atoms with Crippen LogP contribution in [-0.2, 0) is 12.4 Å². The van der Waals surface area contributed by atoms with Crippen molar-refractivity contribution >= 4 is 28.1 Å². The van der Waals surface area contributed by atoms with Crippen LogP contribution in [0, 0.1) is 6.92 Å². The molecule has 0 N–H and O–H groups in total. The van der Waals surface area contributed by atoms with E-state index in [-0.39, 0.29) is 0 Å². The van der Waals surface area contributed by atoms with Crippen LogP contribution in [0.5, 0.6) is 5.75 Å². The highest BCUT2D eigenvalue weighted by Crippen LogP contribution is 2.19. The van der Waals surface area contributed by atoms with Crippen LogP contribution in [0.1, 0.15) is 23.3 Å². The molecule has 5 nitrogen and oxygen atoms in total. The molecule has 7 heteroatoms. The molecule has 0 unspecified atom stereocenters. The van der Waals surface area contributed by atoms with Crippen molar-refractivity contribution in [3.8, 4) is 5.75 Å². The van der Waals surface area contributed by atoms with E-state index in [4.69, 9.17) is 4.74 Å². The Balaban J connectivity index is 1.71. The minimum Gasteiger partial charge on any atom is -0.486 e. The molecule has 0 aliphatic heterocycles. The third kappa shape index (κ3) is 3.36. The number of thioether (sulfide) groups is 1. The first-order chi connectivity index (χ1) is 10.3. The smallest absolute Gasteiger partial charge is 0.234 e. The first-order valence-corrected chi connectivity index (χ1v) is 8.70. The molecule has 0 aliphatic carbocycles. The summed E-state index contributed by atoms with van der Waals surface area (Å²) in [6.45, 7) is 4.64. The summed E-state index contributed by atoms with van der Waals surface area (Å²) in [6.07, 6.45) is 0. The number of rotatable bonds is 6. The molecule has 0 aliphatic rings. The van der Waals surface area contributed by atoms with Gasteiger partial charge in [-0.1, -0.05) is 30.4 Å². The lowest BCUT2D eigenvalue weighted by Gasteiger charge is -2.03. The van der Waals surface area contributed by atoms with E-state index in [2.05, 4.69) is 22.2 Å². The summed E-state index contributed by atoms with van der Waals surface area (Å²) in [5.41, 5.74) is 1.18. The molecule has 2 heterocycles. The monoisotopic (exact) mass is 320 g/mol. The Morgan fingerprint density at radius 3 is 3.05 bits per heavy atom. The standard InChI is InChI=1S/C14H16N4OS2/c1-3-20-9-12-15-16-14-18(12)17-13(21-14)8-19-11-6-4-5-10(2)7-11/h4-7H,3,8-9H2,1-2H3. The Morgan fingerprint density at radius 2 is 2.24 bits per heavy atom. The lowest BCUT2D eigenvalue weighted by atomic mass is 10.2. The quantitative estimate of drug-likeness (QED) is 0.697. The lowest BCUT2D eigenvalue weighted by Crippen LogP contribution is -1.99. The molecule has 0 saturated carbocycles. The number of hydrogen-bond acceptors (Lipinski definition) is 6. The highest BCUT2D eigenvalue weighted by atomic mass is 32.2. The van der Waals surface area contributed by atoms with Gasteiger partial charge in [-0.25, -0.2) is 0 Å². The van der Waals surface area contributed by atoms with Crippen molar-refractivity contribution in [2.24, 2.45) is 0 Å². The van der Waals surface area contributed by atoms with Gasteiger partial charge in [0.15, 0.2) is 10.8 Å². The maximum atomic E-state index is 5.77. The van der Waals surface area contributed by atoms with Crippen LogP contribution in [0.2, 0.25) is 0 Å². The molecular formula is C14H16N4OS2. The van der Waals surface area contributed by atoms with Crippen molar-refractivity contribution in [2.75, 3.05) is 5.75 Å². The summed E-state index contributed by atoms with van der Waals surface area (Å²) in [7, 11) is 0. The lowest BCUT2D eigenvalue weighted by molar-refractivity contribution is 0.304. The molecule has 2 aromatic heterocycles. The Kier molecular flexibility index (Phi) is 4.40. The molecule has 0 spiro atoms. The van der Waals surface area contributed by atoms with Crippen molar-refractivity contribution in [1.29, 1.82) is 0 Å². The fourth-order valence-corrected chi connectivity index (χ4v) is 3.22. The summed E-state index contributed by atoms with van der Waals surface area (Å²) in [5.74, 6) is 3.65. The Hall–Kier alpha value is -1.60. The normalized spacial score (nSPS) is 11.1. The van der Waals surface area contributed by atoms with Gasteiger partial charge >= 0.3 is 0 Å². The molecule has 1 aromatic carbocycles. The van der Waals surface area contributed by atoms with Crippen LogP contribution < -0.4 is 4.74 Å². The molecule has 3 rings (SSSR count). The van der Waals surface area contributed by atoms with E-state index in [0.717, 1.165) is 33.0 Å². The molecule has 21 heavy (non-hydrogen) atoms. The number of aryl methyl sites for hydroxylation is 1. The zero-order valence-electron chi connectivity index (χ0n) is 11.9. The van der Waals surface area contributed by atoms with E-state index in [9.17, 15) is 0 Å². The largest absolute Gasteiger partial charge is 0.486 e. The van der Waals surface area contributed by atoms with Gasteiger partial charge in [-0.3, -0.25) is 0 Å². The van der Waals surface area contributed by atoms with Crippen molar-refractivity contribution in [3.05, 3.63) is 40.7 Å². The maximum Gasteiger partial charge on any atom is 0.234 e. The van der Waals surface area contributed by atoms with E-state index in [1.807, 2.05) is 47.5 Å². The van der Waals surface area contributed by atoms with Crippen LogP contribution in [0.25, 0.3) is 4.96 Å². The number of ether oxygens (including phenoxy) is 1. The molecule has 0 radical (unpaired) electrons. The van der Waals surface area contributed by atoms with Gasteiger partial charge in [-0.05, 0) is 30.4 Å². The fraction of sp³-hybridized carbons (Fsp3) is 0.357. The van der Waals surface area contributed by atoms with Crippen molar-refractivity contribution in [2.45, 2.75) is 26.2 Å². The molecule has 0 amide bonds. The third-order valence-electron chi connectivity index (χ3n) is 2.88. The Morgan fingerprint density at radius 1 is 1.33 bits per heavy atom. The molecule has 0 bridgehead atoms. The van der Waals surface area contributed by atoms with Crippen molar-refractivity contribution in [1.82, 2.24) is 19.8 Å². The van der Waals surface area contributed by atoms with E-state index in [0.29, 0.717) is 6.61 Å². The van der Waals surface area contributed by atoms with Crippen molar-refractivity contribution < 1.29 is 4.74 Å². The van der Waals surface area contributed by atoms with Crippen LogP contribution in [-0.4, -0.2) is 25.6 Å². The second kappa shape index (κ2) is 6.44. The Bertz CT molecular complexity index is 737. The Labute approximate surface area is 131 Å². The topological polar surface area (TPSA) is 52.3 Å². The van der Waals surface area contributed by atoms with E-state index < -0.39 is 0 Å². The van der Waals surface area contributed by atoms with E-state index >= 15 is 0 Å². The summed E-state index contributed by atoms with van der Waals surface area (Å²) in [4.78, 5) is 0.824. The van der Waals surface area contributed by atoms with Crippen LogP contribution in [0.15, 0.2) is 24.3 Å². The molecule has 0 saturated heterocycles. The zero-order valence-corrected chi connectivity index (χ0v) is 13.6. The predicted molar refractivity (Wildman–Crippen MR) is 86.0 cm³/mol. The molecule has 0 atom stereocenters. The van der Waals surface area contributed by atoms with Gasteiger partial charge in [0.2, 0.25) is 4.96 Å². The van der Waals surface area contributed by atoms with E-state index in [1.165, 1.54) is 16.9 Å². The SMILES string of the molecule is CCSCc1nnc2sc(COc3cccc(C)c3)nn12. The molecule has 110 valence electrons. The number of hydrogen-bond donors (Lipinski definition) is 0. The van der Waals surface area contributed by atoms with Crippen molar-refractivity contribution in [3.63, 3.8) is 0 Å². The summed E-state index contributed by atoms with van der Waals surface area (Å²) >= 11 is 3.33. The van der Waals surface area contributed by atoms with Crippen LogP contribution in [0.4, 0.5) is 0 Å². The molecule has 0 fully saturated rings. The number of benzene rings is 1. The van der Waals surface area contributed by atoms with Gasteiger partial charge in [0.1, 0.15) is 12.4 Å². The fourth-order valence-electron chi connectivity index (χ4n) is 1.89. The van der Waals surface area contributed by atoms with Gasteiger partial charge in [0, 0.05) is 0 Å². The average Bonchev–Trinajstić information content (AvgIpc) is 3.03. The third-order valence-corrected chi connectivity index (χ3v) is 4.63. The van der Waals surface area contributed by atoms with Gasteiger partial charge in [-0.15, -0.1) is 10.2 Å². The summed E-state index contributed by atoms with van der Waals surface area (Å²) in [6, 6.07) is 8.01. The average molecular weight is 320 g/mol. The maximum absolute atomic E-state index is 5.77. The summed E-state index contributed by atoms with van der Waals surface area (Å²) < 4.78 is 7.60. The van der Waals surface area contributed by atoms with Crippen LogP contribution >= 0.6 is 23.1 Å². The van der Waals surface area contributed by atoms with Gasteiger partial charge in [0.05, 0.1) is 5.75 Å². The van der Waals surface area contributed by atoms with Gasteiger partial charge < -0.3 is 4.74 Å². The zero-order chi connectivity index (χ0) is 14.7. The predicted octanol–water partition coefficient (Wildman–Crippen LogP) is 3.33. The van der Waals surface area contributed by atoms with Gasteiger partial charge in [0.25, 0.3) is 0 Å². The van der Waals surface area contributed by atoms with E-state index in [1.54, 1.807) is 0 Å². The first kappa shape index (κ1) is 14.3. The second-order valence-electron chi connectivity index (χ2n) is 4.55. The first-order valence-electron chi connectivity index (χ1n) is 6.73. The highest BCUT2D eigenvalue weighted by molar-refractivity contribution is 7.98. The van der Waals surface area contributed by atoms with Crippen LogP contribution in [0.3, 0.4) is 0 Å². The highest BCUT2D eigenvalue weighted by Gasteiger charge is 2.11. The van der Waals surface area contributed by atoms with Gasteiger partial charge in [-0.2, -0.15) is 21.4 Å². The molecule has 3 aromatic rings. The second-order valence-corrected chi connectivity index (χ2v) is 6.86. The number of nitrogens with zero attached hydrogens (tertiary/aromatic N) is 4. The summed E-state index contributed by atoms with van der Waals surface area (Å²) in [5, 5.41) is 13.8. The number of aromatic nitrogens is 4. The number of fused-ring (bicyclic) bond motifs is 1. The molecular weight excluding hydrogens is 304 g/mol.